The minimum atomic E-state index is -3.66. The van der Waals surface area contributed by atoms with Crippen molar-refractivity contribution < 1.29 is 22.4 Å². The number of rotatable bonds is 3. The van der Waals surface area contributed by atoms with Gasteiger partial charge in [-0.3, -0.25) is 4.79 Å². The van der Waals surface area contributed by atoms with Crippen molar-refractivity contribution in [1.29, 1.82) is 0 Å². The summed E-state index contributed by atoms with van der Waals surface area (Å²) in [5.41, 5.74) is 1.82. The molecule has 2 aliphatic heterocycles. The highest BCUT2D eigenvalue weighted by atomic mass is 32.2. The van der Waals surface area contributed by atoms with Gasteiger partial charge in [0.1, 0.15) is 5.82 Å². The Balaban J connectivity index is 1.46. The van der Waals surface area contributed by atoms with E-state index in [2.05, 4.69) is 4.98 Å². The highest BCUT2D eigenvalue weighted by Gasteiger charge is 2.34. The van der Waals surface area contributed by atoms with Crippen LogP contribution >= 0.6 is 0 Å². The van der Waals surface area contributed by atoms with Crippen LogP contribution in [-0.4, -0.2) is 65.9 Å². The predicted octanol–water partition coefficient (Wildman–Crippen LogP) is 0.541. The van der Waals surface area contributed by atoms with Crippen LogP contribution in [-0.2, 0) is 34.8 Å². The molecule has 0 N–H and O–H groups in total. The van der Waals surface area contributed by atoms with Crippen molar-refractivity contribution in [3.8, 4) is 0 Å². The molecule has 10 heteroatoms. The first-order valence-electron chi connectivity index (χ1n) is 8.84. The van der Waals surface area contributed by atoms with Crippen molar-refractivity contribution in [2.75, 3.05) is 32.8 Å². The summed E-state index contributed by atoms with van der Waals surface area (Å²) in [6.45, 7) is 3.88. The van der Waals surface area contributed by atoms with Crippen molar-refractivity contribution in [2.24, 2.45) is 7.05 Å². The smallest absolute Gasteiger partial charge is 0.289 e. The van der Waals surface area contributed by atoms with Gasteiger partial charge in [-0.1, -0.05) is 0 Å². The maximum atomic E-state index is 12.8. The maximum absolute atomic E-state index is 12.8. The number of carbonyl (C=O) groups is 1. The third-order valence-electron chi connectivity index (χ3n) is 5.15. The second kappa shape index (κ2) is 6.77. The van der Waals surface area contributed by atoms with Gasteiger partial charge in [-0.05, 0) is 6.92 Å². The van der Waals surface area contributed by atoms with E-state index in [1.165, 1.54) is 10.5 Å². The molecule has 1 saturated heterocycles. The van der Waals surface area contributed by atoms with Gasteiger partial charge in [0, 0.05) is 57.0 Å². The number of ether oxygens (including phenoxy) is 1. The lowest BCUT2D eigenvalue weighted by Gasteiger charge is -2.33. The van der Waals surface area contributed by atoms with Gasteiger partial charge in [0.15, 0.2) is 10.8 Å². The number of imidazole rings is 1. The zero-order valence-corrected chi connectivity index (χ0v) is 16.2. The molecule has 0 saturated carbocycles. The van der Waals surface area contributed by atoms with Crippen LogP contribution in [0.15, 0.2) is 21.9 Å². The molecule has 2 aromatic rings. The lowest BCUT2D eigenvalue weighted by atomic mass is 10.1. The predicted molar refractivity (Wildman–Crippen MR) is 94.7 cm³/mol. The van der Waals surface area contributed by atoms with Gasteiger partial charge >= 0.3 is 0 Å². The number of piperazine rings is 1. The summed E-state index contributed by atoms with van der Waals surface area (Å²) >= 11 is 0. The second-order valence-corrected chi connectivity index (χ2v) is 8.69. The monoisotopic (exact) mass is 394 g/mol. The summed E-state index contributed by atoms with van der Waals surface area (Å²) in [4.78, 5) is 18.6. The van der Waals surface area contributed by atoms with E-state index in [0.717, 1.165) is 11.1 Å². The minimum Gasteiger partial charge on any atom is -0.458 e. The summed E-state index contributed by atoms with van der Waals surface area (Å²) in [5.74, 6) is 0.794. The first-order valence-corrected chi connectivity index (χ1v) is 10.3. The van der Waals surface area contributed by atoms with Crippen LogP contribution in [0.5, 0.6) is 0 Å². The maximum Gasteiger partial charge on any atom is 0.289 e. The molecular weight excluding hydrogens is 372 g/mol. The van der Waals surface area contributed by atoms with Crippen molar-refractivity contribution in [3.05, 3.63) is 35.2 Å². The number of aromatic nitrogens is 2. The highest BCUT2D eigenvalue weighted by molar-refractivity contribution is 7.89. The largest absolute Gasteiger partial charge is 0.458 e. The van der Waals surface area contributed by atoms with Crippen LogP contribution in [0, 0.1) is 6.92 Å². The standard InChI is InChI=1S/C17H22N4O5S/c1-12-18-15(9-19(12)2)27(23,24)21-6-4-20(5-7-21)17(22)16-14-3-8-25-10-13(14)11-26-16/h9,11H,3-8,10H2,1-2H3. The Morgan fingerprint density at radius 2 is 1.96 bits per heavy atom. The zero-order chi connectivity index (χ0) is 19.2. The van der Waals surface area contributed by atoms with Crippen LogP contribution < -0.4 is 0 Å². The van der Waals surface area contributed by atoms with Gasteiger partial charge in [-0.15, -0.1) is 0 Å². The molecule has 146 valence electrons. The van der Waals surface area contributed by atoms with E-state index < -0.39 is 10.0 Å². The molecule has 0 radical (unpaired) electrons. The SMILES string of the molecule is Cc1nc(S(=O)(=O)N2CCN(C(=O)c3occ4c3CCOC4)CC2)cn1C. The van der Waals surface area contributed by atoms with E-state index in [1.807, 2.05) is 0 Å². The number of carbonyl (C=O) groups excluding carboxylic acids is 1. The summed E-state index contributed by atoms with van der Waals surface area (Å²) in [6.07, 6.45) is 3.74. The molecule has 0 spiro atoms. The molecule has 0 aromatic carbocycles. The quantitative estimate of drug-likeness (QED) is 0.754. The zero-order valence-electron chi connectivity index (χ0n) is 15.3. The van der Waals surface area contributed by atoms with E-state index >= 15 is 0 Å². The lowest BCUT2D eigenvalue weighted by Crippen LogP contribution is -2.50. The summed E-state index contributed by atoms with van der Waals surface area (Å²) in [7, 11) is -1.90. The molecule has 4 rings (SSSR count). The second-order valence-electron chi connectivity index (χ2n) is 6.80. The average molecular weight is 394 g/mol. The molecule has 1 amide bonds. The first-order chi connectivity index (χ1) is 12.9. The Kier molecular flexibility index (Phi) is 4.57. The van der Waals surface area contributed by atoms with Gasteiger partial charge < -0.3 is 18.6 Å². The normalized spacial score (nSPS) is 18.5. The molecule has 2 aromatic heterocycles. The molecule has 0 aliphatic carbocycles. The summed E-state index contributed by atoms with van der Waals surface area (Å²) < 4.78 is 39.5. The minimum absolute atomic E-state index is 0.0439. The number of sulfonamides is 1. The number of amides is 1. The fraction of sp³-hybridized carbons (Fsp3) is 0.529. The average Bonchev–Trinajstić information content (AvgIpc) is 3.25. The van der Waals surface area contributed by atoms with Crippen molar-refractivity contribution in [1.82, 2.24) is 18.8 Å². The topological polar surface area (TPSA) is 97.9 Å². The van der Waals surface area contributed by atoms with Gasteiger partial charge in [0.25, 0.3) is 15.9 Å². The Labute approximate surface area is 157 Å². The van der Waals surface area contributed by atoms with E-state index in [1.54, 1.807) is 29.7 Å². The van der Waals surface area contributed by atoms with Gasteiger partial charge in [-0.2, -0.15) is 4.31 Å². The van der Waals surface area contributed by atoms with E-state index in [-0.39, 0.29) is 24.0 Å². The Morgan fingerprint density at radius 1 is 1.22 bits per heavy atom. The third kappa shape index (κ3) is 3.17. The summed E-state index contributed by atoms with van der Waals surface area (Å²) in [6, 6.07) is 0. The number of nitrogens with zero attached hydrogens (tertiary/aromatic N) is 4. The number of hydrogen-bond donors (Lipinski definition) is 0. The molecular formula is C17H22N4O5S. The van der Waals surface area contributed by atoms with Crippen molar-refractivity contribution in [3.63, 3.8) is 0 Å². The van der Waals surface area contributed by atoms with Crippen molar-refractivity contribution in [2.45, 2.75) is 25.0 Å². The molecule has 2 aliphatic rings. The van der Waals surface area contributed by atoms with Crippen LogP contribution in [0.25, 0.3) is 0 Å². The molecule has 1 fully saturated rings. The molecule has 4 heterocycles. The number of hydrogen-bond acceptors (Lipinski definition) is 6. The fourth-order valence-electron chi connectivity index (χ4n) is 3.41. The molecule has 9 nitrogen and oxygen atoms in total. The van der Waals surface area contributed by atoms with Gasteiger partial charge in [0.05, 0.1) is 19.5 Å². The van der Waals surface area contributed by atoms with Crippen LogP contribution in [0.4, 0.5) is 0 Å². The summed E-state index contributed by atoms with van der Waals surface area (Å²) in [5, 5.41) is 0.0439. The Hall–Kier alpha value is -2.17. The Bertz CT molecular complexity index is 950. The Morgan fingerprint density at radius 3 is 2.63 bits per heavy atom. The number of fused-ring (bicyclic) bond motifs is 1. The molecule has 0 bridgehead atoms. The fourth-order valence-corrected chi connectivity index (χ4v) is 4.85. The van der Waals surface area contributed by atoms with Gasteiger partial charge in [0.2, 0.25) is 0 Å². The third-order valence-corrected chi connectivity index (χ3v) is 6.92. The number of aryl methyl sites for hydroxylation is 2. The first kappa shape index (κ1) is 18.2. The molecule has 0 unspecified atom stereocenters. The van der Waals surface area contributed by atoms with E-state index in [4.69, 9.17) is 9.15 Å². The van der Waals surface area contributed by atoms with Crippen LogP contribution in [0.1, 0.15) is 27.5 Å². The van der Waals surface area contributed by atoms with E-state index in [9.17, 15) is 13.2 Å². The lowest BCUT2D eigenvalue weighted by molar-refractivity contribution is 0.0662. The van der Waals surface area contributed by atoms with E-state index in [0.29, 0.717) is 44.3 Å². The molecule has 27 heavy (non-hydrogen) atoms. The highest BCUT2D eigenvalue weighted by Crippen LogP contribution is 2.25. The van der Waals surface area contributed by atoms with Crippen LogP contribution in [0.3, 0.4) is 0 Å². The van der Waals surface area contributed by atoms with Crippen molar-refractivity contribution >= 4 is 15.9 Å². The van der Waals surface area contributed by atoms with Crippen LogP contribution in [0.2, 0.25) is 0 Å². The van der Waals surface area contributed by atoms with Gasteiger partial charge in [-0.25, -0.2) is 13.4 Å². The number of furan rings is 1. The molecule has 0 atom stereocenters.